The number of carbonyl (C=O) groups is 1. The molecule has 0 aliphatic heterocycles. The third-order valence-electron chi connectivity index (χ3n) is 3.18. The minimum atomic E-state index is -0.422. The van der Waals surface area contributed by atoms with E-state index in [1.807, 2.05) is 60.7 Å². The largest absolute Gasteiger partial charge is 0.276 e. The van der Waals surface area contributed by atoms with E-state index in [1.165, 1.54) is 0 Å². The Kier molecular flexibility index (Phi) is 3.06. The Balaban J connectivity index is 2.31. The van der Waals surface area contributed by atoms with Gasteiger partial charge in [0.1, 0.15) is 0 Å². The Morgan fingerprint density at radius 1 is 0.789 bits per heavy atom. The van der Waals surface area contributed by atoms with Crippen LogP contribution in [-0.4, -0.2) is 5.24 Å². The van der Waals surface area contributed by atoms with Gasteiger partial charge in [0, 0.05) is 5.56 Å². The zero-order chi connectivity index (χ0) is 13.2. The van der Waals surface area contributed by atoms with E-state index in [1.54, 1.807) is 0 Å². The summed E-state index contributed by atoms with van der Waals surface area (Å²) in [5.74, 6) is 0. The van der Waals surface area contributed by atoms with Gasteiger partial charge >= 0.3 is 0 Å². The average Bonchev–Trinajstić information content (AvgIpc) is 2.47. The van der Waals surface area contributed by atoms with Crippen molar-refractivity contribution in [1.82, 2.24) is 0 Å². The smallest absolute Gasteiger partial charge is 0.253 e. The van der Waals surface area contributed by atoms with Gasteiger partial charge in [-0.3, -0.25) is 4.79 Å². The molecule has 0 bridgehead atoms. The lowest BCUT2D eigenvalue weighted by Gasteiger charge is -2.07. The predicted octanol–water partition coefficient (Wildman–Crippen LogP) is 4.89. The molecule has 0 saturated carbocycles. The lowest BCUT2D eigenvalue weighted by atomic mass is 9.97. The van der Waals surface area contributed by atoms with Crippen molar-refractivity contribution in [1.29, 1.82) is 0 Å². The third-order valence-corrected chi connectivity index (χ3v) is 3.38. The highest BCUT2D eigenvalue weighted by Gasteiger charge is 2.10. The van der Waals surface area contributed by atoms with E-state index in [9.17, 15) is 4.79 Å². The Hall–Kier alpha value is -2.12. The molecule has 2 heteroatoms. The molecule has 0 atom stereocenters. The first-order valence-corrected chi connectivity index (χ1v) is 6.41. The molecule has 3 rings (SSSR count). The highest BCUT2D eigenvalue weighted by Crippen LogP contribution is 2.28. The first kappa shape index (κ1) is 11.9. The lowest BCUT2D eigenvalue weighted by molar-refractivity contribution is 0.108. The number of hydrogen-bond acceptors (Lipinski definition) is 1. The van der Waals surface area contributed by atoms with Gasteiger partial charge in [0.25, 0.3) is 5.24 Å². The molecular weight excluding hydrogens is 256 g/mol. The van der Waals surface area contributed by atoms with Crippen LogP contribution in [0.3, 0.4) is 0 Å². The van der Waals surface area contributed by atoms with Gasteiger partial charge in [0.05, 0.1) is 0 Å². The molecule has 19 heavy (non-hydrogen) atoms. The average molecular weight is 267 g/mol. The predicted molar refractivity (Wildman–Crippen MR) is 79.6 cm³/mol. The Labute approximate surface area is 116 Å². The maximum Gasteiger partial charge on any atom is 0.253 e. The molecule has 1 nitrogen and oxygen atoms in total. The molecule has 0 heterocycles. The quantitative estimate of drug-likeness (QED) is 0.604. The van der Waals surface area contributed by atoms with Crippen LogP contribution in [0.2, 0.25) is 0 Å². The van der Waals surface area contributed by atoms with Crippen LogP contribution in [0.1, 0.15) is 10.4 Å². The molecule has 0 aliphatic carbocycles. The molecule has 0 saturated heterocycles. The number of fused-ring (bicyclic) bond motifs is 1. The van der Waals surface area contributed by atoms with Crippen LogP contribution in [0, 0.1) is 0 Å². The second kappa shape index (κ2) is 4.87. The molecule has 0 fully saturated rings. The molecule has 0 aliphatic rings. The van der Waals surface area contributed by atoms with Gasteiger partial charge in [-0.15, -0.1) is 0 Å². The first-order chi connectivity index (χ1) is 9.25. The van der Waals surface area contributed by atoms with E-state index < -0.39 is 5.24 Å². The fourth-order valence-corrected chi connectivity index (χ4v) is 2.43. The third kappa shape index (κ3) is 2.25. The summed E-state index contributed by atoms with van der Waals surface area (Å²) in [7, 11) is 0. The Morgan fingerprint density at radius 2 is 1.47 bits per heavy atom. The summed E-state index contributed by atoms with van der Waals surface area (Å²) in [5.41, 5.74) is 2.63. The van der Waals surface area contributed by atoms with Crippen molar-refractivity contribution < 1.29 is 4.79 Å². The van der Waals surface area contributed by atoms with Crippen LogP contribution in [0.15, 0.2) is 66.7 Å². The van der Waals surface area contributed by atoms with Crippen LogP contribution in [-0.2, 0) is 0 Å². The Morgan fingerprint density at radius 3 is 2.21 bits per heavy atom. The van der Waals surface area contributed by atoms with E-state index in [-0.39, 0.29) is 0 Å². The van der Waals surface area contributed by atoms with Crippen LogP contribution < -0.4 is 0 Å². The van der Waals surface area contributed by atoms with E-state index in [2.05, 4.69) is 6.07 Å². The highest BCUT2D eigenvalue weighted by atomic mass is 35.5. The van der Waals surface area contributed by atoms with E-state index >= 15 is 0 Å². The molecule has 3 aromatic rings. The van der Waals surface area contributed by atoms with Gasteiger partial charge in [-0.25, -0.2) is 0 Å². The normalized spacial score (nSPS) is 10.6. The van der Waals surface area contributed by atoms with Crippen molar-refractivity contribution in [2.24, 2.45) is 0 Å². The molecule has 0 radical (unpaired) electrons. The summed E-state index contributed by atoms with van der Waals surface area (Å²) in [4.78, 5) is 11.6. The molecule has 0 aromatic heterocycles. The van der Waals surface area contributed by atoms with Crippen molar-refractivity contribution in [3.8, 4) is 11.1 Å². The maximum atomic E-state index is 11.6. The number of carbonyl (C=O) groups excluding carboxylic acids is 1. The second-order valence-electron chi connectivity index (χ2n) is 4.38. The summed E-state index contributed by atoms with van der Waals surface area (Å²) >= 11 is 5.70. The summed E-state index contributed by atoms with van der Waals surface area (Å²) in [5, 5.41) is 1.49. The molecule has 0 spiro atoms. The van der Waals surface area contributed by atoms with E-state index in [0.717, 1.165) is 21.9 Å². The second-order valence-corrected chi connectivity index (χ2v) is 4.73. The van der Waals surface area contributed by atoms with Crippen molar-refractivity contribution in [2.45, 2.75) is 0 Å². The van der Waals surface area contributed by atoms with Crippen LogP contribution in [0.5, 0.6) is 0 Å². The topological polar surface area (TPSA) is 17.1 Å². The minimum Gasteiger partial charge on any atom is -0.276 e. The number of halogens is 1. The van der Waals surface area contributed by atoms with Crippen molar-refractivity contribution in [2.75, 3.05) is 0 Å². The standard InChI is InChI=1S/C17H11ClO/c18-17(19)16-11-14(12-6-2-1-3-7-12)10-13-8-4-5-9-15(13)16/h1-11H. The summed E-state index contributed by atoms with van der Waals surface area (Å²) in [6, 6.07) is 21.7. The van der Waals surface area contributed by atoms with Gasteiger partial charge in [-0.1, -0.05) is 54.6 Å². The van der Waals surface area contributed by atoms with E-state index in [0.29, 0.717) is 5.56 Å². The Bertz CT molecular complexity index is 748. The number of rotatable bonds is 2. The molecule has 0 amide bonds. The summed E-state index contributed by atoms with van der Waals surface area (Å²) in [6.07, 6.45) is 0. The van der Waals surface area contributed by atoms with Crippen molar-refractivity contribution >= 4 is 27.6 Å². The van der Waals surface area contributed by atoms with E-state index in [4.69, 9.17) is 11.6 Å². The minimum absolute atomic E-state index is 0.422. The van der Waals surface area contributed by atoms with Gasteiger partial charge in [-0.05, 0) is 45.6 Å². The molecular formula is C17H11ClO. The highest BCUT2D eigenvalue weighted by molar-refractivity contribution is 6.68. The monoisotopic (exact) mass is 266 g/mol. The lowest BCUT2D eigenvalue weighted by Crippen LogP contribution is -1.92. The molecule has 0 N–H and O–H groups in total. The van der Waals surface area contributed by atoms with Gasteiger partial charge < -0.3 is 0 Å². The first-order valence-electron chi connectivity index (χ1n) is 6.04. The summed E-state index contributed by atoms with van der Waals surface area (Å²) < 4.78 is 0. The van der Waals surface area contributed by atoms with Crippen LogP contribution in [0.4, 0.5) is 0 Å². The zero-order valence-electron chi connectivity index (χ0n) is 10.1. The van der Waals surface area contributed by atoms with Gasteiger partial charge in [0.2, 0.25) is 0 Å². The van der Waals surface area contributed by atoms with Crippen molar-refractivity contribution in [3.05, 3.63) is 72.3 Å². The van der Waals surface area contributed by atoms with Gasteiger partial charge in [0.15, 0.2) is 0 Å². The fraction of sp³-hybridized carbons (Fsp3) is 0. The van der Waals surface area contributed by atoms with Gasteiger partial charge in [-0.2, -0.15) is 0 Å². The molecule has 0 unspecified atom stereocenters. The van der Waals surface area contributed by atoms with Crippen molar-refractivity contribution in [3.63, 3.8) is 0 Å². The molecule has 3 aromatic carbocycles. The van der Waals surface area contributed by atoms with Crippen LogP contribution >= 0.6 is 11.6 Å². The molecule has 92 valence electrons. The number of hydrogen-bond donors (Lipinski definition) is 0. The number of benzene rings is 3. The zero-order valence-corrected chi connectivity index (χ0v) is 10.9. The summed E-state index contributed by atoms with van der Waals surface area (Å²) in [6.45, 7) is 0. The SMILES string of the molecule is O=C(Cl)c1cc(-c2ccccc2)cc2ccccc12. The van der Waals surface area contributed by atoms with Crippen LogP contribution in [0.25, 0.3) is 21.9 Å². The fourth-order valence-electron chi connectivity index (χ4n) is 2.27. The maximum absolute atomic E-state index is 11.6.